The van der Waals surface area contributed by atoms with E-state index in [0.29, 0.717) is 16.1 Å². The highest BCUT2D eigenvalue weighted by Gasteiger charge is 2.19. The predicted molar refractivity (Wildman–Crippen MR) is 84.2 cm³/mol. The van der Waals surface area contributed by atoms with E-state index in [1.54, 1.807) is 0 Å². The smallest absolute Gasteiger partial charge is 0.0624 e. The summed E-state index contributed by atoms with van der Waals surface area (Å²) in [6.07, 6.45) is 9.22. The van der Waals surface area contributed by atoms with Crippen LogP contribution in [0.3, 0.4) is 0 Å². The maximum absolute atomic E-state index is 6.28. The number of benzene rings is 1. The summed E-state index contributed by atoms with van der Waals surface area (Å²) >= 11 is 12.4. The number of hydrogen-bond acceptors (Lipinski definition) is 1. The molecule has 0 saturated heterocycles. The Kier molecular flexibility index (Phi) is 6.00. The van der Waals surface area contributed by atoms with Crippen LogP contribution in [0.1, 0.15) is 44.1 Å². The van der Waals surface area contributed by atoms with Crippen LogP contribution < -0.4 is 5.32 Å². The molecule has 0 amide bonds. The summed E-state index contributed by atoms with van der Waals surface area (Å²) in [6, 6.07) is 6.42. The minimum absolute atomic E-state index is 0.499. The molecule has 0 aromatic heterocycles. The van der Waals surface area contributed by atoms with Gasteiger partial charge in [-0.2, -0.15) is 0 Å². The molecule has 0 spiro atoms. The van der Waals surface area contributed by atoms with E-state index >= 15 is 0 Å². The Bertz CT molecular complexity index is 400. The van der Waals surface area contributed by atoms with Gasteiger partial charge in [-0.3, -0.25) is 0 Å². The molecule has 1 unspecified atom stereocenters. The van der Waals surface area contributed by atoms with Crippen molar-refractivity contribution in [3.05, 3.63) is 33.8 Å². The van der Waals surface area contributed by atoms with Crippen molar-refractivity contribution >= 4 is 23.2 Å². The normalized spacial score (nSPS) is 18.5. The van der Waals surface area contributed by atoms with Gasteiger partial charge in [0.25, 0.3) is 0 Å². The summed E-state index contributed by atoms with van der Waals surface area (Å²) in [5.41, 5.74) is 1.16. The van der Waals surface area contributed by atoms with Gasteiger partial charge >= 0.3 is 0 Å². The molecule has 1 fully saturated rings. The van der Waals surface area contributed by atoms with Gasteiger partial charge in [0.15, 0.2) is 0 Å². The molecule has 3 heteroatoms. The van der Waals surface area contributed by atoms with E-state index in [1.165, 1.54) is 38.5 Å². The fourth-order valence-corrected chi connectivity index (χ4v) is 3.50. The first-order chi connectivity index (χ1) is 9.20. The molecule has 1 saturated carbocycles. The van der Waals surface area contributed by atoms with Crippen molar-refractivity contribution in [3.63, 3.8) is 0 Å². The molecule has 0 aliphatic heterocycles. The van der Waals surface area contributed by atoms with Gasteiger partial charge in [-0.05, 0) is 37.4 Å². The van der Waals surface area contributed by atoms with Crippen molar-refractivity contribution in [1.82, 2.24) is 5.32 Å². The van der Waals surface area contributed by atoms with Crippen LogP contribution in [0.4, 0.5) is 0 Å². The third kappa shape index (κ3) is 4.37. The van der Waals surface area contributed by atoms with Crippen molar-refractivity contribution in [2.75, 3.05) is 7.05 Å². The summed E-state index contributed by atoms with van der Waals surface area (Å²) in [4.78, 5) is 0. The summed E-state index contributed by atoms with van der Waals surface area (Å²) < 4.78 is 0. The molecule has 0 heterocycles. The molecule has 1 aliphatic rings. The molecule has 0 radical (unpaired) electrons. The largest absolute Gasteiger partial charge is 0.317 e. The van der Waals surface area contributed by atoms with Gasteiger partial charge in [-0.1, -0.05) is 67.4 Å². The average molecular weight is 300 g/mol. The summed E-state index contributed by atoms with van der Waals surface area (Å²) in [5.74, 6) is 0.879. The first-order valence-electron chi connectivity index (χ1n) is 7.31. The van der Waals surface area contributed by atoms with Gasteiger partial charge in [0.05, 0.1) is 10.0 Å². The number of hydrogen-bond donors (Lipinski definition) is 1. The van der Waals surface area contributed by atoms with Crippen LogP contribution in [0.15, 0.2) is 18.2 Å². The zero-order valence-corrected chi connectivity index (χ0v) is 13.1. The molecular weight excluding hydrogens is 277 g/mol. The highest BCUT2D eigenvalue weighted by molar-refractivity contribution is 6.42. The zero-order chi connectivity index (χ0) is 13.7. The second-order valence-electron chi connectivity index (χ2n) is 5.64. The fourth-order valence-electron chi connectivity index (χ4n) is 3.10. The van der Waals surface area contributed by atoms with E-state index in [-0.39, 0.29) is 0 Å². The van der Waals surface area contributed by atoms with Crippen LogP contribution in [0.2, 0.25) is 10.0 Å². The Morgan fingerprint density at radius 2 is 1.95 bits per heavy atom. The van der Waals surface area contributed by atoms with E-state index in [2.05, 4.69) is 11.4 Å². The molecule has 19 heavy (non-hydrogen) atoms. The third-order valence-electron chi connectivity index (χ3n) is 4.25. The van der Waals surface area contributed by atoms with Crippen molar-refractivity contribution < 1.29 is 0 Å². The van der Waals surface area contributed by atoms with Crippen molar-refractivity contribution in [1.29, 1.82) is 0 Å². The van der Waals surface area contributed by atoms with Gasteiger partial charge < -0.3 is 5.32 Å². The molecule has 1 N–H and O–H groups in total. The number of rotatable bonds is 5. The van der Waals surface area contributed by atoms with Gasteiger partial charge in [0.1, 0.15) is 0 Å². The van der Waals surface area contributed by atoms with Crippen LogP contribution in [0.5, 0.6) is 0 Å². The van der Waals surface area contributed by atoms with E-state index in [0.717, 1.165) is 17.9 Å². The monoisotopic (exact) mass is 299 g/mol. The predicted octanol–water partition coefficient (Wildman–Crippen LogP) is 5.09. The highest BCUT2D eigenvalue weighted by Crippen LogP contribution is 2.30. The van der Waals surface area contributed by atoms with Gasteiger partial charge in [0.2, 0.25) is 0 Å². The Labute approximate surface area is 126 Å². The topological polar surface area (TPSA) is 12.0 Å². The van der Waals surface area contributed by atoms with Crippen molar-refractivity contribution in [2.24, 2.45) is 5.92 Å². The van der Waals surface area contributed by atoms with E-state index in [9.17, 15) is 0 Å². The highest BCUT2D eigenvalue weighted by atomic mass is 35.5. The molecule has 0 bridgehead atoms. The lowest BCUT2D eigenvalue weighted by molar-refractivity contribution is 0.303. The second kappa shape index (κ2) is 7.52. The molecule has 2 rings (SSSR count). The minimum atomic E-state index is 0.499. The van der Waals surface area contributed by atoms with Crippen LogP contribution in [-0.4, -0.2) is 13.1 Å². The zero-order valence-electron chi connectivity index (χ0n) is 11.6. The summed E-state index contributed by atoms with van der Waals surface area (Å²) in [5, 5.41) is 4.82. The van der Waals surface area contributed by atoms with Gasteiger partial charge in [-0.15, -0.1) is 0 Å². The van der Waals surface area contributed by atoms with Gasteiger partial charge in [-0.25, -0.2) is 0 Å². The molecule has 1 aliphatic carbocycles. The molecule has 1 atom stereocenters. The lowest BCUT2D eigenvalue weighted by Gasteiger charge is -2.26. The molecule has 1 aromatic rings. The van der Waals surface area contributed by atoms with Crippen LogP contribution in [0.25, 0.3) is 0 Å². The number of nitrogens with one attached hydrogen (secondary N) is 1. The molecule has 1 nitrogen and oxygen atoms in total. The standard InChI is InChI=1S/C16H23Cl2N/c1-19-14(10-12-6-3-2-4-7-12)11-13-8-5-9-15(17)16(13)18/h5,8-9,12,14,19H,2-4,6-7,10-11H2,1H3. The minimum Gasteiger partial charge on any atom is -0.317 e. The van der Waals surface area contributed by atoms with E-state index in [1.807, 2.05) is 19.2 Å². The maximum atomic E-state index is 6.28. The Morgan fingerprint density at radius 3 is 2.63 bits per heavy atom. The lowest BCUT2D eigenvalue weighted by Crippen LogP contribution is -2.30. The quantitative estimate of drug-likeness (QED) is 0.798. The Morgan fingerprint density at radius 1 is 1.21 bits per heavy atom. The molecule has 1 aromatic carbocycles. The average Bonchev–Trinajstić information content (AvgIpc) is 2.44. The molecule has 106 valence electrons. The molecular formula is C16H23Cl2N. The SMILES string of the molecule is CNC(Cc1cccc(Cl)c1Cl)CC1CCCCC1. The Balaban J connectivity index is 1.96. The first kappa shape index (κ1) is 15.2. The second-order valence-corrected chi connectivity index (χ2v) is 6.43. The maximum Gasteiger partial charge on any atom is 0.0624 e. The summed E-state index contributed by atoms with van der Waals surface area (Å²) in [7, 11) is 2.05. The summed E-state index contributed by atoms with van der Waals surface area (Å²) in [6.45, 7) is 0. The van der Waals surface area contributed by atoms with Crippen LogP contribution >= 0.6 is 23.2 Å². The number of likely N-dealkylation sites (N-methyl/N-ethyl adjacent to an activating group) is 1. The third-order valence-corrected chi connectivity index (χ3v) is 5.11. The van der Waals surface area contributed by atoms with E-state index < -0.39 is 0 Å². The Hall–Kier alpha value is -0.240. The van der Waals surface area contributed by atoms with Crippen molar-refractivity contribution in [3.8, 4) is 0 Å². The van der Waals surface area contributed by atoms with Crippen molar-refractivity contribution in [2.45, 2.75) is 51.0 Å². The fraction of sp³-hybridized carbons (Fsp3) is 0.625. The lowest BCUT2D eigenvalue weighted by atomic mass is 9.83. The van der Waals surface area contributed by atoms with Crippen LogP contribution in [-0.2, 0) is 6.42 Å². The first-order valence-corrected chi connectivity index (χ1v) is 8.06. The number of halogens is 2. The van der Waals surface area contributed by atoms with Gasteiger partial charge in [0, 0.05) is 6.04 Å². The van der Waals surface area contributed by atoms with Crippen LogP contribution in [0, 0.1) is 5.92 Å². The van der Waals surface area contributed by atoms with E-state index in [4.69, 9.17) is 23.2 Å².